The lowest BCUT2D eigenvalue weighted by Crippen LogP contribution is -2.16. The molecule has 2 aromatic rings. The summed E-state index contributed by atoms with van der Waals surface area (Å²) in [5, 5.41) is 0. The summed E-state index contributed by atoms with van der Waals surface area (Å²) in [5.41, 5.74) is 3.00. The maximum Gasteiger partial charge on any atom is 0.338 e. The van der Waals surface area contributed by atoms with Crippen molar-refractivity contribution in [2.45, 2.75) is 55.4 Å². The molecular formula is C32H36O8. The van der Waals surface area contributed by atoms with Crippen molar-refractivity contribution in [3.05, 3.63) is 71.8 Å². The van der Waals surface area contributed by atoms with Crippen LogP contribution in [-0.2, 0) is 19.2 Å². The van der Waals surface area contributed by atoms with Crippen molar-refractivity contribution in [3.63, 3.8) is 0 Å². The molecule has 0 atom stereocenters. The predicted octanol–water partition coefficient (Wildman–Crippen LogP) is 6.72. The van der Waals surface area contributed by atoms with Crippen LogP contribution < -0.4 is 18.9 Å². The third kappa shape index (κ3) is 8.53. The average Bonchev–Trinajstić information content (AvgIpc) is 2.87. The molecule has 2 aromatic carbocycles. The Labute approximate surface area is 235 Å². The third-order valence-electron chi connectivity index (χ3n) is 5.72. The molecule has 0 N–H and O–H groups in total. The molecule has 0 saturated carbocycles. The summed E-state index contributed by atoms with van der Waals surface area (Å²) in [6.07, 6.45) is 0. The quantitative estimate of drug-likeness (QED) is 0.139. The van der Waals surface area contributed by atoms with Gasteiger partial charge in [0.25, 0.3) is 0 Å². The van der Waals surface area contributed by atoms with Crippen LogP contribution in [0.5, 0.6) is 23.0 Å². The summed E-state index contributed by atoms with van der Waals surface area (Å²) in [5.74, 6) is -2.19. The highest BCUT2D eigenvalue weighted by Crippen LogP contribution is 2.37. The smallest absolute Gasteiger partial charge is 0.338 e. The number of hydrogen-bond donors (Lipinski definition) is 0. The fraction of sp³-hybridized carbons (Fsp3) is 0.312. The zero-order valence-electron chi connectivity index (χ0n) is 24.3. The van der Waals surface area contributed by atoms with Crippen LogP contribution in [-0.4, -0.2) is 23.9 Å². The summed E-state index contributed by atoms with van der Waals surface area (Å²) in [4.78, 5) is 49.1. The molecule has 0 aromatic heterocycles. The van der Waals surface area contributed by atoms with E-state index in [4.69, 9.17) is 18.9 Å². The molecule has 0 fully saturated rings. The minimum atomic E-state index is -0.626. The van der Waals surface area contributed by atoms with E-state index in [1.165, 1.54) is 26.0 Å². The van der Waals surface area contributed by atoms with Crippen LogP contribution in [0.3, 0.4) is 0 Å². The number of carbonyl (C=O) groups excluding carboxylic acids is 4. The summed E-state index contributed by atoms with van der Waals surface area (Å²) >= 11 is 0. The van der Waals surface area contributed by atoms with Crippen molar-refractivity contribution in [1.29, 1.82) is 0 Å². The van der Waals surface area contributed by atoms with Crippen molar-refractivity contribution in [3.8, 4) is 23.0 Å². The summed E-state index contributed by atoms with van der Waals surface area (Å²) < 4.78 is 21.9. The van der Waals surface area contributed by atoms with Crippen LogP contribution >= 0.6 is 0 Å². The molecule has 0 spiro atoms. The van der Waals surface area contributed by atoms with Gasteiger partial charge in [-0.25, -0.2) is 9.59 Å². The van der Waals surface area contributed by atoms with Gasteiger partial charge < -0.3 is 18.9 Å². The molecule has 8 nitrogen and oxygen atoms in total. The van der Waals surface area contributed by atoms with E-state index in [9.17, 15) is 19.2 Å². The highest BCUT2D eigenvalue weighted by Gasteiger charge is 2.19. The summed E-state index contributed by atoms with van der Waals surface area (Å²) in [7, 11) is 0. The number of ether oxygens (including phenoxy) is 4. The predicted molar refractivity (Wildman–Crippen MR) is 153 cm³/mol. The van der Waals surface area contributed by atoms with Crippen molar-refractivity contribution in [2.75, 3.05) is 0 Å². The Hall–Kier alpha value is -4.46. The molecule has 40 heavy (non-hydrogen) atoms. The fourth-order valence-electron chi connectivity index (χ4n) is 3.13. The first-order valence-corrected chi connectivity index (χ1v) is 12.8. The Morgan fingerprint density at radius 1 is 0.600 bits per heavy atom. The average molecular weight is 549 g/mol. The number of esters is 4. The molecule has 0 aliphatic rings. The number of rotatable bonds is 10. The van der Waals surface area contributed by atoms with E-state index in [-0.39, 0.29) is 40.1 Å². The first kappa shape index (κ1) is 31.8. The van der Waals surface area contributed by atoms with Gasteiger partial charge in [-0.3, -0.25) is 9.59 Å². The largest absolute Gasteiger partial charge is 0.426 e. The second-order valence-corrected chi connectivity index (χ2v) is 10.1. The van der Waals surface area contributed by atoms with Crippen LogP contribution in [0, 0.1) is 11.8 Å². The van der Waals surface area contributed by atoms with Crippen LogP contribution in [0.4, 0.5) is 0 Å². The zero-order chi connectivity index (χ0) is 30.3. The molecule has 0 saturated heterocycles. The van der Waals surface area contributed by atoms with Gasteiger partial charge in [0, 0.05) is 28.8 Å². The molecule has 0 heterocycles. The van der Waals surface area contributed by atoms with Gasteiger partial charge in [0.15, 0.2) is 0 Å². The maximum absolute atomic E-state index is 12.5. The van der Waals surface area contributed by atoms with Crippen molar-refractivity contribution < 1.29 is 38.1 Å². The van der Waals surface area contributed by atoms with Crippen molar-refractivity contribution in [1.82, 2.24) is 0 Å². The minimum Gasteiger partial charge on any atom is -0.426 e. The van der Waals surface area contributed by atoms with E-state index in [1.54, 1.807) is 52.0 Å². The van der Waals surface area contributed by atoms with E-state index in [0.29, 0.717) is 22.3 Å². The highest BCUT2D eigenvalue weighted by molar-refractivity contribution is 5.93. The van der Waals surface area contributed by atoms with Gasteiger partial charge >= 0.3 is 23.9 Å². The zero-order valence-corrected chi connectivity index (χ0v) is 24.3. The Morgan fingerprint density at radius 3 is 1.57 bits per heavy atom. The third-order valence-corrected chi connectivity index (χ3v) is 5.72. The molecule has 0 amide bonds. The van der Waals surface area contributed by atoms with Crippen molar-refractivity contribution >= 4 is 35.0 Å². The maximum atomic E-state index is 12.5. The van der Waals surface area contributed by atoms with Crippen LogP contribution in [0.25, 0.3) is 11.1 Å². The number of hydrogen-bond acceptors (Lipinski definition) is 8. The number of allylic oxidation sites excluding steroid dienone is 2. The van der Waals surface area contributed by atoms with E-state index in [1.807, 2.05) is 13.8 Å². The molecule has 0 unspecified atom stereocenters. The molecule has 0 radical (unpaired) electrons. The molecule has 0 bridgehead atoms. The Balaban J connectivity index is 2.67. The Kier molecular flexibility index (Phi) is 10.8. The molecular weight excluding hydrogens is 512 g/mol. The highest BCUT2D eigenvalue weighted by atomic mass is 16.6. The van der Waals surface area contributed by atoms with Gasteiger partial charge in [0.2, 0.25) is 0 Å². The summed E-state index contributed by atoms with van der Waals surface area (Å²) in [6.45, 7) is 20.7. The van der Waals surface area contributed by atoms with E-state index in [2.05, 4.69) is 13.2 Å². The SMILES string of the molecule is C=C(C)C(=O)Oc1cc(OC(=O)C(C)C)cc(/C(C)=C(\C)c2ccc(OC(=O)C(=C)C)cc2OC(=O)C(C)C)c1. The Bertz CT molecular complexity index is 1390. The lowest BCUT2D eigenvalue weighted by atomic mass is 9.96. The topological polar surface area (TPSA) is 105 Å². The molecule has 8 heteroatoms. The lowest BCUT2D eigenvalue weighted by molar-refractivity contribution is -0.138. The van der Waals surface area contributed by atoms with Crippen molar-refractivity contribution in [2.24, 2.45) is 11.8 Å². The van der Waals surface area contributed by atoms with Crippen LogP contribution in [0.1, 0.15) is 66.5 Å². The van der Waals surface area contributed by atoms with Gasteiger partial charge in [-0.05, 0) is 68.7 Å². The minimum absolute atomic E-state index is 0.165. The lowest BCUT2D eigenvalue weighted by Gasteiger charge is -2.17. The summed E-state index contributed by atoms with van der Waals surface area (Å²) in [6, 6.07) is 9.46. The van der Waals surface area contributed by atoms with Gasteiger partial charge in [-0.2, -0.15) is 0 Å². The fourth-order valence-corrected chi connectivity index (χ4v) is 3.13. The first-order valence-electron chi connectivity index (χ1n) is 12.8. The molecule has 0 aliphatic carbocycles. The van der Waals surface area contributed by atoms with Gasteiger partial charge in [0.1, 0.15) is 23.0 Å². The van der Waals surface area contributed by atoms with Gasteiger partial charge in [0.05, 0.1) is 11.8 Å². The molecule has 0 aliphatic heterocycles. The van der Waals surface area contributed by atoms with Gasteiger partial charge in [-0.1, -0.05) is 40.9 Å². The van der Waals surface area contributed by atoms with Crippen LogP contribution in [0.2, 0.25) is 0 Å². The second-order valence-electron chi connectivity index (χ2n) is 10.1. The second kappa shape index (κ2) is 13.6. The normalized spacial score (nSPS) is 11.4. The Morgan fingerprint density at radius 2 is 1.07 bits per heavy atom. The van der Waals surface area contributed by atoms with E-state index < -0.39 is 29.8 Å². The molecule has 2 rings (SSSR count). The monoisotopic (exact) mass is 548 g/mol. The first-order chi connectivity index (χ1) is 18.6. The van der Waals surface area contributed by atoms with Crippen LogP contribution in [0.15, 0.2) is 60.7 Å². The number of carbonyl (C=O) groups is 4. The van der Waals surface area contributed by atoms with E-state index >= 15 is 0 Å². The molecule has 212 valence electrons. The standard InChI is InChI=1S/C32H36O8/c1-17(2)29(33)37-24-11-12-27(28(16-24)40-32(36)20(7)8)22(10)21(9)23-13-25(38-30(34)18(3)4)15-26(14-23)39-31(35)19(5)6/h11-16,19-20H,1,3H2,2,4-10H3/b22-21+. The van der Waals surface area contributed by atoms with E-state index in [0.717, 1.165) is 0 Å². The van der Waals surface area contributed by atoms with Gasteiger partial charge in [-0.15, -0.1) is 0 Å². The number of benzene rings is 2.